The van der Waals surface area contributed by atoms with Crippen LogP contribution in [0.2, 0.25) is 0 Å². The summed E-state index contributed by atoms with van der Waals surface area (Å²) in [7, 11) is 0. The first kappa shape index (κ1) is 15.4. The van der Waals surface area contributed by atoms with Crippen LogP contribution in [-0.2, 0) is 6.54 Å². The molecule has 3 rings (SSSR count). The summed E-state index contributed by atoms with van der Waals surface area (Å²) in [6, 6.07) is 3.87. The molecule has 120 valence electrons. The number of nitrogens with one attached hydrogen (secondary N) is 1. The molecule has 0 unspecified atom stereocenters. The Hall–Kier alpha value is -2.50. The molecule has 2 aromatic rings. The molecule has 0 radical (unpaired) electrons. The van der Waals surface area contributed by atoms with E-state index in [2.05, 4.69) is 20.3 Å². The zero-order valence-corrected chi connectivity index (χ0v) is 13.1. The molecule has 3 heterocycles. The van der Waals surface area contributed by atoms with E-state index in [9.17, 15) is 4.79 Å². The lowest BCUT2D eigenvalue weighted by Gasteiger charge is -2.19. The fourth-order valence-electron chi connectivity index (χ4n) is 2.67. The van der Waals surface area contributed by atoms with Crippen LogP contribution in [0.25, 0.3) is 0 Å². The maximum Gasteiger partial charge on any atom is 0.256 e. The summed E-state index contributed by atoms with van der Waals surface area (Å²) in [5.41, 5.74) is 1.66. The van der Waals surface area contributed by atoms with Crippen LogP contribution >= 0.6 is 0 Å². The van der Waals surface area contributed by atoms with E-state index in [1.165, 1.54) is 12.8 Å². The number of hydrogen-bond donors (Lipinski definition) is 1. The summed E-state index contributed by atoms with van der Waals surface area (Å²) in [6.07, 6.45) is 11.3. The van der Waals surface area contributed by atoms with E-state index in [-0.39, 0.29) is 5.91 Å². The van der Waals surface area contributed by atoms with Gasteiger partial charge in [0.15, 0.2) is 0 Å². The van der Waals surface area contributed by atoms with Gasteiger partial charge >= 0.3 is 0 Å². The van der Waals surface area contributed by atoms with E-state index in [1.807, 2.05) is 17.0 Å². The van der Waals surface area contributed by atoms with Gasteiger partial charge in [-0.05, 0) is 30.5 Å². The second-order valence-corrected chi connectivity index (χ2v) is 5.71. The van der Waals surface area contributed by atoms with Gasteiger partial charge in [-0.3, -0.25) is 9.78 Å². The Morgan fingerprint density at radius 3 is 2.35 bits per heavy atom. The third-order valence-electron chi connectivity index (χ3n) is 3.99. The summed E-state index contributed by atoms with van der Waals surface area (Å²) in [4.78, 5) is 26.9. The van der Waals surface area contributed by atoms with Gasteiger partial charge in [-0.2, -0.15) is 0 Å². The molecule has 1 N–H and O–H groups in total. The molecule has 0 saturated carbocycles. The zero-order valence-electron chi connectivity index (χ0n) is 13.1. The highest BCUT2D eigenvalue weighted by Crippen LogP contribution is 2.13. The molecule has 1 aliphatic rings. The second-order valence-electron chi connectivity index (χ2n) is 5.71. The van der Waals surface area contributed by atoms with Gasteiger partial charge in [0.1, 0.15) is 0 Å². The Balaban J connectivity index is 1.59. The van der Waals surface area contributed by atoms with Crippen LogP contribution in [0.15, 0.2) is 36.9 Å². The molecular weight excluding hydrogens is 290 g/mol. The molecule has 1 fully saturated rings. The topological polar surface area (TPSA) is 71.0 Å². The molecule has 1 aliphatic heterocycles. The number of hydrogen-bond acceptors (Lipinski definition) is 5. The van der Waals surface area contributed by atoms with E-state index in [0.717, 1.165) is 31.5 Å². The number of amides is 1. The molecule has 1 amide bonds. The first-order valence-corrected chi connectivity index (χ1v) is 8.07. The Kier molecular flexibility index (Phi) is 5.13. The minimum atomic E-state index is 0.0348. The van der Waals surface area contributed by atoms with Crippen molar-refractivity contribution in [2.45, 2.75) is 32.2 Å². The molecule has 6 heteroatoms. The summed E-state index contributed by atoms with van der Waals surface area (Å²) in [6.45, 7) is 2.30. The van der Waals surface area contributed by atoms with Crippen LogP contribution < -0.4 is 5.32 Å². The van der Waals surface area contributed by atoms with Gasteiger partial charge in [-0.25, -0.2) is 9.97 Å². The lowest BCUT2D eigenvalue weighted by Crippen LogP contribution is -2.32. The van der Waals surface area contributed by atoms with Gasteiger partial charge in [0, 0.05) is 44.4 Å². The van der Waals surface area contributed by atoms with Crippen molar-refractivity contribution in [3.8, 4) is 0 Å². The monoisotopic (exact) mass is 311 g/mol. The highest BCUT2D eigenvalue weighted by Gasteiger charge is 2.17. The zero-order chi connectivity index (χ0) is 15.9. The molecule has 0 aromatic carbocycles. The van der Waals surface area contributed by atoms with Crippen LogP contribution in [-0.4, -0.2) is 38.8 Å². The van der Waals surface area contributed by atoms with Gasteiger partial charge in [0.05, 0.1) is 5.56 Å². The fraction of sp³-hybridized carbons (Fsp3) is 0.412. The lowest BCUT2D eigenvalue weighted by molar-refractivity contribution is 0.0761. The van der Waals surface area contributed by atoms with Crippen molar-refractivity contribution in [1.29, 1.82) is 0 Å². The highest BCUT2D eigenvalue weighted by atomic mass is 16.2. The number of anilines is 1. The van der Waals surface area contributed by atoms with E-state index in [0.29, 0.717) is 18.1 Å². The van der Waals surface area contributed by atoms with Crippen LogP contribution in [0.3, 0.4) is 0 Å². The van der Waals surface area contributed by atoms with Crippen molar-refractivity contribution < 1.29 is 4.79 Å². The first-order valence-electron chi connectivity index (χ1n) is 8.07. The molecule has 6 nitrogen and oxygen atoms in total. The van der Waals surface area contributed by atoms with E-state index in [1.54, 1.807) is 24.8 Å². The van der Waals surface area contributed by atoms with Crippen molar-refractivity contribution in [1.82, 2.24) is 19.9 Å². The third kappa shape index (κ3) is 4.25. The third-order valence-corrected chi connectivity index (χ3v) is 3.99. The molecule has 1 saturated heterocycles. The van der Waals surface area contributed by atoms with Crippen molar-refractivity contribution >= 4 is 11.9 Å². The average Bonchev–Trinajstić information content (AvgIpc) is 2.90. The molecule has 0 spiro atoms. The number of rotatable bonds is 4. The van der Waals surface area contributed by atoms with Crippen molar-refractivity contribution in [3.63, 3.8) is 0 Å². The van der Waals surface area contributed by atoms with E-state index >= 15 is 0 Å². The van der Waals surface area contributed by atoms with Gasteiger partial charge in [-0.1, -0.05) is 12.8 Å². The minimum absolute atomic E-state index is 0.0348. The van der Waals surface area contributed by atoms with Gasteiger partial charge in [0.25, 0.3) is 5.91 Å². The number of aromatic nitrogens is 3. The minimum Gasteiger partial charge on any atom is -0.350 e. The van der Waals surface area contributed by atoms with Crippen LogP contribution in [0, 0.1) is 0 Å². The first-order chi connectivity index (χ1) is 11.3. The molecule has 0 bridgehead atoms. The molecule has 0 aliphatic carbocycles. The SMILES string of the molecule is O=C(c1cnc(NCc2ccncc2)nc1)N1CCCCCC1. The summed E-state index contributed by atoms with van der Waals surface area (Å²) in [5.74, 6) is 0.557. The van der Waals surface area contributed by atoms with Crippen molar-refractivity contribution in [3.05, 3.63) is 48.0 Å². The largest absolute Gasteiger partial charge is 0.350 e. The van der Waals surface area contributed by atoms with Crippen LogP contribution in [0.5, 0.6) is 0 Å². The fourth-order valence-corrected chi connectivity index (χ4v) is 2.67. The summed E-state index contributed by atoms with van der Waals surface area (Å²) >= 11 is 0. The lowest BCUT2D eigenvalue weighted by atomic mass is 10.2. The molecular formula is C17H21N5O. The Morgan fingerprint density at radius 2 is 1.70 bits per heavy atom. The summed E-state index contributed by atoms with van der Waals surface area (Å²) < 4.78 is 0. The predicted molar refractivity (Wildman–Crippen MR) is 88.0 cm³/mol. The van der Waals surface area contributed by atoms with E-state index < -0.39 is 0 Å². The van der Waals surface area contributed by atoms with Crippen molar-refractivity contribution in [2.75, 3.05) is 18.4 Å². The van der Waals surface area contributed by atoms with Gasteiger partial charge < -0.3 is 10.2 Å². The Bertz CT molecular complexity index is 621. The van der Waals surface area contributed by atoms with Gasteiger partial charge in [-0.15, -0.1) is 0 Å². The standard InChI is InChI=1S/C17H21N5O/c23-16(22-9-3-1-2-4-10-22)15-12-20-17(21-13-15)19-11-14-5-7-18-8-6-14/h5-8,12-13H,1-4,9-11H2,(H,19,20,21). The molecule has 23 heavy (non-hydrogen) atoms. The maximum absolute atomic E-state index is 12.5. The number of likely N-dealkylation sites (tertiary alicyclic amines) is 1. The van der Waals surface area contributed by atoms with Crippen LogP contribution in [0.4, 0.5) is 5.95 Å². The normalized spacial score (nSPS) is 15.0. The van der Waals surface area contributed by atoms with Crippen molar-refractivity contribution in [2.24, 2.45) is 0 Å². The second kappa shape index (κ2) is 7.67. The molecule has 2 aromatic heterocycles. The Morgan fingerprint density at radius 1 is 1.04 bits per heavy atom. The smallest absolute Gasteiger partial charge is 0.256 e. The summed E-state index contributed by atoms with van der Waals surface area (Å²) in [5, 5.41) is 3.14. The van der Waals surface area contributed by atoms with E-state index in [4.69, 9.17) is 0 Å². The number of carbonyl (C=O) groups is 1. The number of carbonyl (C=O) groups excluding carboxylic acids is 1. The predicted octanol–water partition coefficient (Wildman–Crippen LogP) is 2.50. The maximum atomic E-state index is 12.5. The average molecular weight is 311 g/mol. The highest BCUT2D eigenvalue weighted by molar-refractivity contribution is 5.93. The van der Waals surface area contributed by atoms with Crippen LogP contribution in [0.1, 0.15) is 41.6 Å². The quantitative estimate of drug-likeness (QED) is 0.939. The number of pyridine rings is 1. The Labute approximate surface area is 136 Å². The van der Waals surface area contributed by atoms with Gasteiger partial charge in [0.2, 0.25) is 5.95 Å². The number of nitrogens with zero attached hydrogens (tertiary/aromatic N) is 4. The molecule has 0 atom stereocenters.